The van der Waals surface area contributed by atoms with E-state index in [9.17, 15) is 22.4 Å². The van der Waals surface area contributed by atoms with Crippen LogP contribution in [0.15, 0.2) is 24.4 Å². The van der Waals surface area contributed by atoms with Gasteiger partial charge in [-0.15, -0.1) is 0 Å². The van der Waals surface area contributed by atoms with E-state index in [2.05, 4.69) is 4.98 Å². The van der Waals surface area contributed by atoms with Gasteiger partial charge < -0.3 is 9.80 Å². The quantitative estimate of drug-likeness (QED) is 0.794. The summed E-state index contributed by atoms with van der Waals surface area (Å²) in [5.74, 6) is -5.76. The summed E-state index contributed by atoms with van der Waals surface area (Å²) in [5.41, 5.74) is 0. The molecule has 1 aromatic heterocycles. The predicted octanol–water partition coefficient (Wildman–Crippen LogP) is 1.63. The first kappa shape index (κ1) is 14.5. The number of aromatic nitrogens is 1. The molecule has 0 radical (unpaired) electrons. The van der Waals surface area contributed by atoms with Crippen LogP contribution < -0.4 is 4.90 Å². The molecule has 0 aliphatic carbocycles. The zero-order chi connectivity index (χ0) is 14.8. The molecule has 0 bridgehead atoms. The number of rotatable bonds is 3. The molecule has 2 heterocycles. The molecule has 1 aromatic rings. The van der Waals surface area contributed by atoms with Gasteiger partial charge in [0.15, 0.2) is 0 Å². The van der Waals surface area contributed by atoms with Gasteiger partial charge in [0.25, 0.3) is 5.91 Å². The number of pyridine rings is 1. The standard InChI is InChI=1S/C12H13F4N3O/c13-10(14)12(15,16)11(20)19-7-5-18(6-8-19)9-3-1-2-4-17-9/h1-4,10H,5-8H2. The zero-order valence-electron chi connectivity index (χ0n) is 10.5. The minimum atomic E-state index is -4.62. The topological polar surface area (TPSA) is 36.4 Å². The Kier molecular flexibility index (Phi) is 4.10. The van der Waals surface area contributed by atoms with Gasteiger partial charge in [-0.25, -0.2) is 13.8 Å². The number of carbonyl (C=O) groups is 1. The van der Waals surface area contributed by atoms with Crippen LogP contribution in [0.1, 0.15) is 0 Å². The van der Waals surface area contributed by atoms with Crippen LogP contribution in [0.5, 0.6) is 0 Å². The highest BCUT2D eigenvalue weighted by atomic mass is 19.3. The molecule has 0 spiro atoms. The van der Waals surface area contributed by atoms with Crippen LogP contribution in [0.25, 0.3) is 0 Å². The van der Waals surface area contributed by atoms with E-state index in [1.807, 2.05) is 4.90 Å². The van der Waals surface area contributed by atoms with Crippen molar-refractivity contribution in [1.82, 2.24) is 9.88 Å². The van der Waals surface area contributed by atoms with E-state index in [0.29, 0.717) is 5.82 Å². The minimum absolute atomic E-state index is 0.0300. The lowest BCUT2D eigenvalue weighted by Gasteiger charge is -2.36. The van der Waals surface area contributed by atoms with Crippen LogP contribution in [0.2, 0.25) is 0 Å². The van der Waals surface area contributed by atoms with E-state index in [0.717, 1.165) is 4.90 Å². The highest BCUT2D eigenvalue weighted by Gasteiger charge is 2.51. The number of hydrogen-bond donors (Lipinski definition) is 0. The summed E-state index contributed by atoms with van der Waals surface area (Å²) >= 11 is 0. The van der Waals surface area contributed by atoms with Crippen LogP contribution in [-0.2, 0) is 4.79 Å². The highest BCUT2D eigenvalue weighted by Crippen LogP contribution is 2.26. The Morgan fingerprint density at radius 1 is 1.20 bits per heavy atom. The lowest BCUT2D eigenvalue weighted by Crippen LogP contribution is -2.55. The number of amides is 1. The molecule has 0 saturated carbocycles. The van der Waals surface area contributed by atoms with Crippen LogP contribution in [0.4, 0.5) is 23.4 Å². The third kappa shape index (κ3) is 2.83. The Balaban J connectivity index is 1.96. The first-order chi connectivity index (χ1) is 9.43. The largest absolute Gasteiger partial charge is 0.383 e. The van der Waals surface area contributed by atoms with Crippen LogP contribution in [0, 0.1) is 0 Å². The minimum Gasteiger partial charge on any atom is -0.353 e. The second-order valence-corrected chi connectivity index (χ2v) is 4.39. The van der Waals surface area contributed by atoms with Gasteiger partial charge in [0.2, 0.25) is 0 Å². The van der Waals surface area contributed by atoms with E-state index < -0.39 is 18.3 Å². The number of anilines is 1. The molecule has 0 N–H and O–H groups in total. The van der Waals surface area contributed by atoms with Gasteiger partial charge in [-0.2, -0.15) is 8.78 Å². The maximum atomic E-state index is 13.0. The molecule has 0 aromatic carbocycles. The number of halogens is 4. The summed E-state index contributed by atoms with van der Waals surface area (Å²) in [7, 11) is 0. The van der Waals surface area contributed by atoms with E-state index >= 15 is 0 Å². The summed E-state index contributed by atoms with van der Waals surface area (Å²) in [6.45, 7) is 0.500. The number of hydrogen-bond acceptors (Lipinski definition) is 3. The average molecular weight is 291 g/mol. The maximum absolute atomic E-state index is 13.0. The Morgan fingerprint density at radius 3 is 2.35 bits per heavy atom. The molecule has 1 fully saturated rings. The number of alkyl halides is 4. The van der Waals surface area contributed by atoms with Crippen LogP contribution in [-0.4, -0.2) is 54.3 Å². The molecular formula is C12H13F4N3O. The third-order valence-corrected chi connectivity index (χ3v) is 3.10. The second-order valence-electron chi connectivity index (χ2n) is 4.39. The summed E-state index contributed by atoms with van der Waals surface area (Å²) in [5, 5.41) is 0. The fourth-order valence-corrected chi connectivity index (χ4v) is 1.98. The molecule has 1 aliphatic heterocycles. The summed E-state index contributed by atoms with van der Waals surface area (Å²) in [4.78, 5) is 18.0. The summed E-state index contributed by atoms with van der Waals surface area (Å²) in [6, 6.07) is 5.28. The normalized spacial score (nSPS) is 16.6. The fraction of sp³-hybridized carbons (Fsp3) is 0.500. The molecule has 0 atom stereocenters. The van der Waals surface area contributed by atoms with Gasteiger partial charge in [0, 0.05) is 32.4 Å². The van der Waals surface area contributed by atoms with Gasteiger partial charge in [0.1, 0.15) is 5.82 Å². The van der Waals surface area contributed by atoms with E-state index in [4.69, 9.17) is 0 Å². The smallest absolute Gasteiger partial charge is 0.353 e. The van der Waals surface area contributed by atoms with Crippen molar-refractivity contribution in [3.05, 3.63) is 24.4 Å². The van der Waals surface area contributed by atoms with Crippen molar-refractivity contribution in [2.75, 3.05) is 31.1 Å². The first-order valence-corrected chi connectivity index (χ1v) is 6.04. The van der Waals surface area contributed by atoms with Gasteiger partial charge in [-0.3, -0.25) is 4.79 Å². The summed E-state index contributed by atoms with van der Waals surface area (Å²) in [6.07, 6.45) is -2.39. The molecule has 20 heavy (non-hydrogen) atoms. The SMILES string of the molecule is O=C(N1CCN(c2ccccn2)CC1)C(F)(F)C(F)F. The zero-order valence-corrected chi connectivity index (χ0v) is 10.5. The number of carbonyl (C=O) groups excluding carboxylic acids is 1. The highest BCUT2D eigenvalue weighted by molar-refractivity contribution is 5.84. The van der Waals surface area contributed by atoms with Crippen molar-refractivity contribution in [3.63, 3.8) is 0 Å². The number of nitrogens with zero attached hydrogens (tertiary/aromatic N) is 3. The molecule has 2 rings (SSSR count). The summed E-state index contributed by atoms with van der Waals surface area (Å²) < 4.78 is 50.2. The van der Waals surface area contributed by atoms with Gasteiger partial charge >= 0.3 is 12.3 Å². The molecule has 1 saturated heterocycles. The average Bonchev–Trinajstić information content (AvgIpc) is 2.47. The van der Waals surface area contributed by atoms with Crippen molar-refractivity contribution in [2.45, 2.75) is 12.3 Å². The molecule has 110 valence electrons. The molecule has 1 aliphatic rings. The Hall–Kier alpha value is -1.86. The Labute approximate surface area is 113 Å². The molecule has 4 nitrogen and oxygen atoms in total. The van der Waals surface area contributed by atoms with E-state index in [1.54, 1.807) is 24.4 Å². The van der Waals surface area contributed by atoms with Crippen molar-refractivity contribution in [1.29, 1.82) is 0 Å². The van der Waals surface area contributed by atoms with E-state index in [-0.39, 0.29) is 26.2 Å². The van der Waals surface area contributed by atoms with Crippen molar-refractivity contribution >= 4 is 11.7 Å². The third-order valence-electron chi connectivity index (χ3n) is 3.10. The van der Waals surface area contributed by atoms with Crippen molar-refractivity contribution < 1.29 is 22.4 Å². The van der Waals surface area contributed by atoms with Gasteiger partial charge in [-0.1, -0.05) is 6.07 Å². The molecule has 8 heteroatoms. The number of piperazine rings is 1. The molecule has 0 unspecified atom stereocenters. The maximum Gasteiger partial charge on any atom is 0.383 e. The second kappa shape index (κ2) is 5.64. The fourth-order valence-electron chi connectivity index (χ4n) is 1.98. The Morgan fingerprint density at radius 2 is 1.85 bits per heavy atom. The Bertz CT molecular complexity index is 461. The lowest BCUT2D eigenvalue weighted by molar-refractivity contribution is -0.180. The van der Waals surface area contributed by atoms with Crippen molar-refractivity contribution in [3.8, 4) is 0 Å². The van der Waals surface area contributed by atoms with Crippen molar-refractivity contribution in [2.24, 2.45) is 0 Å². The van der Waals surface area contributed by atoms with Crippen LogP contribution in [0.3, 0.4) is 0 Å². The monoisotopic (exact) mass is 291 g/mol. The van der Waals surface area contributed by atoms with Crippen LogP contribution >= 0.6 is 0 Å². The predicted molar refractivity (Wildman–Crippen MR) is 64.0 cm³/mol. The lowest BCUT2D eigenvalue weighted by atomic mass is 10.2. The first-order valence-electron chi connectivity index (χ1n) is 6.04. The van der Waals surface area contributed by atoms with E-state index in [1.165, 1.54) is 0 Å². The molecular weight excluding hydrogens is 278 g/mol. The van der Waals surface area contributed by atoms with Gasteiger partial charge in [-0.05, 0) is 12.1 Å². The van der Waals surface area contributed by atoms with Gasteiger partial charge in [0.05, 0.1) is 0 Å². The molecule has 1 amide bonds.